The second-order valence-corrected chi connectivity index (χ2v) is 13.6. The molecule has 4 fully saturated rings. The second-order valence-electron chi connectivity index (χ2n) is 13.6. The van der Waals surface area contributed by atoms with Crippen molar-refractivity contribution in [2.75, 3.05) is 32.7 Å². The van der Waals surface area contributed by atoms with Gasteiger partial charge in [-0.3, -0.25) is 14.8 Å². The summed E-state index contributed by atoms with van der Waals surface area (Å²) in [5.41, 5.74) is 5.73. The van der Waals surface area contributed by atoms with Crippen LogP contribution in [0.2, 0.25) is 0 Å². The molecule has 0 spiro atoms. The molecular formula is C36H46N4O2. The van der Waals surface area contributed by atoms with E-state index in [1.807, 2.05) is 0 Å². The number of aromatic nitrogens is 2. The van der Waals surface area contributed by atoms with Crippen molar-refractivity contribution in [1.82, 2.24) is 20.0 Å². The molecule has 3 aromatic rings. The van der Waals surface area contributed by atoms with Gasteiger partial charge in [0.2, 0.25) is 0 Å². The van der Waals surface area contributed by atoms with E-state index in [0.29, 0.717) is 17.8 Å². The summed E-state index contributed by atoms with van der Waals surface area (Å²) < 4.78 is 0. The van der Waals surface area contributed by atoms with Crippen molar-refractivity contribution in [3.63, 3.8) is 0 Å². The summed E-state index contributed by atoms with van der Waals surface area (Å²) in [5, 5.41) is 18.4. The van der Waals surface area contributed by atoms with Gasteiger partial charge in [-0.1, -0.05) is 79.9 Å². The monoisotopic (exact) mass is 566 g/mol. The van der Waals surface area contributed by atoms with E-state index in [-0.39, 0.29) is 17.4 Å². The van der Waals surface area contributed by atoms with E-state index in [9.17, 15) is 9.90 Å². The van der Waals surface area contributed by atoms with Crippen LogP contribution in [0.15, 0.2) is 66.9 Å². The number of hydrogen-bond donors (Lipinski definition) is 2. The lowest BCUT2D eigenvalue weighted by atomic mass is 9.82. The largest absolute Gasteiger partial charge is 0.480 e. The number of aliphatic carboxylic acids is 1. The van der Waals surface area contributed by atoms with Crippen LogP contribution in [0.4, 0.5) is 0 Å². The molecule has 0 bridgehead atoms. The number of H-pyrrole nitrogens is 1. The maximum atomic E-state index is 12.6. The van der Waals surface area contributed by atoms with Gasteiger partial charge in [-0.25, -0.2) is 0 Å². The molecular weight excluding hydrogens is 520 g/mol. The Hall–Kier alpha value is -2.96. The number of piperidine rings is 1. The number of aromatic amines is 1. The van der Waals surface area contributed by atoms with E-state index >= 15 is 0 Å². The zero-order chi connectivity index (χ0) is 28.5. The Morgan fingerprint density at radius 1 is 0.929 bits per heavy atom. The van der Waals surface area contributed by atoms with Gasteiger partial charge in [0.25, 0.3) is 0 Å². The third kappa shape index (κ3) is 5.44. The SMILES string of the molecule is O=C(O)[C@@H](C1CCCCC1)N1C[C@H](CN2CCC(c3[nH]ncc3C3(c4ccccc4)CC3)CC2)[C@@H](c2ccccc2)C1. The average Bonchev–Trinajstić information content (AvgIpc) is 3.50. The van der Waals surface area contributed by atoms with E-state index in [1.54, 1.807) is 0 Å². The molecule has 2 aromatic carbocycles. The van der Waals surface area contributed by atoms with Crippen LogP contribution in [0.25, 0.3) is 0 Å². The van der Waals surface area contributed by atoms with Crippen molar-refractivity contribution in [2.24, 2.45) is 11.8 Å². The summed E-state index contributed by atoms with van der Waals surface area (Å²) in [6.45, 7) is 4.97. The molecule has 3 atom stereocenters. The highest BCUT2D eigenvalue weighted by Gasteiger charge is 2.49. The number of likely N-dealkylation sites (tertiary alicyclic amines) is 2. The van der Waals surface area contributed by atoms with Gasteiger partial charge in [0, 0.05) is 48.1 Å². The third-order valence-electron chi connectivity index (χ3n) is 11.2. The lowest BCUT2D eigenvalue weighted by Gasteiger charge is -2.35. The molecule has 2 saturated heterocycles. The number of hydrogen-bond acceptors (Lipinski definition) is 4. The third-order valence-corrected chi connectivity index (χ3v) is 11.2. The molecule has 6 nitrogen and oxygen atoms in total. The minimum atomic E-state index is -0.616. The lowest BCUT2D eigenvalue weighted by Crippen LogP contribution is -2.46. The Morgan fingerprint density at radius 3 is 2.29 bits per heavy atom. The normalized spacial score (nSPS) is 26.3. The molecule has 0 unspecified atom stereocenters. The number of carboxylic acids is 1. The highest BCUT2D eigenvalue weighted by Crippen LogP contribution is 2.55. The van der Waals surface area contributed by atoms with Crippen LogP contribution in [0.1, 0.15) is 92.0 Å². The molecule has 0 radical (unpaired) electrons. The van der Waals surface area contributed by atoms with Gasteiger partial charge < -0.3 is 10.0 Å². The van der Waals surface area contributed by atoms with Gasteiger partial charge in [-0.15, -0.1) is 0 Å². The fourth-order valence-corrected chi connectivity index (χ4v) is 8.82. The molecule has 2 saturated carbocycles. The van der Waals surface area contributed by atoms with Gasteiger partial charge in [0.1, 0.15) is 6.04 Å². The Kier molecular flexibility index (Phi) is 7.93. The first-order valence-corrected chi connectivity index (χ1v) is 16.5. The number of carbonyl (C=O) groups is 1. The molecule has 42 heavy (non-hydrogen) atoms. The molecule has 4 aliphatic rings. The fraction of sp³-hybridized carbons (Fsp3) is 0.556. The first kappa shape index (κ1) is 27.8. The molecule has 6 heteroatoms. The summed E-state index contributed by atoms with van der Waals surface area (Å²) >= 11 is 0. The van der Waals surface area contributed by atoms with E-state index in [1.165, 1.54) is 54.5 Å². The van der Waals surface area contributed by atoms with Crippen LogP contribution in [-0.2, 0) is 10.2 Å². The molecule has 2 N–H and O–H groups in total. The van der Waals surface area contributed by atoms with Crippen LogP contribution < -0.4 is 0 Å². The molecule has 3 heterocycles. The summed E-state index contributed by atoms with van der Waals surface area (Å²) in [5.74, 6) is 1.03. The zero-order valence-corrected chi connectivity index (χ0v) is 24.8. The molecule has 7 rings (SSSR count). The predicted molar refractivity (Wildman–Crippen MR) is 166 cm³/mol. The van der Waals surface area contributed by atoms with Crippen molar-refractivity contribution >= 4 is 5.97 Å². The quantitative estimate of drug-likeness (QED) is 0.313. The van der Waals surface area contributed by atoms with E-state index < -0.39 is 5.97 Å². The number of nitrogens with zero attached hydrogens (tertiary/aromatic N) is 3. The molecule has 2 aliphatic carbocycles. The number of carboxylic acid groups (broad SMARTS) is 1. The molecule has 222 valence electrons. The molecule has 2 aliphatic heterocycles. The van der Waals surface area contributed by atoms with Crippen molar-refractivity contribution in [2.45, 2.75) is 81.1 Å². The standard InChI is InChI=1S/C36H46N4O2/c41-35(42)34(28-12-6-2-7-13-28)40-24-29(31(25-40)26-10-4-1-5-11-26)23-39-20-16-27(17-21-39)33-32(22-37-38-33)36(18-19-36)30-14-8-3-9-15-30/h1,3-5,8-11,14-15,22,27-29,31,34H,2,6-7,12-13,16-21,23-25H2,(H,37,38)(H,41,42)/t29-,31+,34+/m0/s1. The van der Waals surface area contributed by atoms with Gasteiger partial charge in [0.05, 0.1) is 6.20 Å². The highest BCUT2D eigenvalue weighted by atomic mass is 16.4. The Labute approximate surface area is 250 Å². The Bertz CT molecular complexity index is 1320. The van der Waals surface area contributed by atoms with E-state index in [0.717, 1.165) is 58.4 Å². The number of nitrogens with one attached hydrogen (secondary N) is 1. The summed E-state index contributed by atoms with van der Waals surface area (Å²) in [4.78, 5) is 17.6. The van der Waals surface area contributed by atoms with Crippen molar-refractivity contribution in [1.29, 1.82) is 0 Å². The molecule has 0 amide bonds. The first-order chi connectivity index (χ1) is 20.6. The van der Waals surface area contributed by atoms with Crippen molar-refractivity contribution < 1.29 is 9.90 Å². The van der Waals surface area contributed by atoms with Crippen LogP contribution in [-0.4, -0.2) is 69.8 Å². The fourth-order valence-electron chi connectivity index (χ4n) is 8.82. The predicted octanol–water partition coefficient (Wildman–Crippen LogP) is 6.42. The van der Waals surface area contributed by atoms with Crippen molar-refractivity contribution in [3.05, 3.63) is 89.2 Å². The summed E-state index contributed by atoms with van der Waals surface area (Å²) in [7, 11) is 0. The van der Waals surface area contributed by atoms with Gasteiger partial charge in [0.15, 0.2) is 0 Å². The van der Waals surface area contributed by atoms with E-state index in [4.69, 9.17) is 0 Å². The van der Waals surface area contributed by atoms with Crippen LogP contribution in [0.3, 0.4) is 0 Å². The maximum Gasteiger partial charge on any atom is 0.321 e. The number of rotatable bonds is 9. The van der Waals surface area contributed by atoms with Crippen LogP contribution >= 0.6 is 0 Å². The minimum absolute atomic E-state index is 0.149. The van der Waals surface area contributed by atoms with Crippen molar-refractivity contribution in [3.8, 4) is 0 Å². The van der Waals surface area contributed by atoms with Gasteiger partial charge in [-0.05, 0) is 74.6 Å². The Morgan fingerprint density at radius 2 is 1.62 bits per heavy atom. The topological polar surface area (TPSA) is 72.5 Å². The second kappa shape index (κ2) is 12.0. The van der Waals surface area contributed by atoms with Crippen LogP contribution in [0.5, 0.6) is 0 Å². The zero-order valence-electron chi connectivity index (χ0n) is 24.8. The molecule has 1 aromatic heterocycles. The maximum absolute atomic E-state index is 12.6. The smallest absolute Gasteiger partial charge is 0.321 e. The average molecular weight is 567 g/mol. The minimum Gasteiger partial charge on any atom is -0.480 e. The van der Waals surface area contributed by atoms with E-state index in [2.05, 4.69) is 86.9 Å². The van der Waals surface area contributed by atoms with Crippen LogP contribution in [0, 0.1) is 11.8 Å². The number of benzene rings is 2. The summed E-state index contributed by atoms with van der Waals surface area (Å²) in [6, 6.07) is 21.5. The highest BCUT2D eigenvalue weighted by molar-refractivity contribution is 5.74. The van der Waals surface area contributed by atoms with Gasteiger partial charge in [-0.2, -0.15) is 5.10 Å². The lowest BCUT2D eigenvalue weighted by molar-refractivity contribution is -0.145. The van der Waals surface area contributed by atoms with Gasteiger partial charge >= 0.3 is 5.97 Å². The Balaban J connectivity index is 1.04. The summed E-state index contributed by atoms with van der Waals surface area (Å²) in [6.07, 6.45) is 12.5. The first-order valence-electron chi connectivity index (χ1n) is 16.5.